The van der Waals surface area contributed by atoms with Crippen LogP contribution in [0.3, 0.4) is 0 Å². The zero-order valence-corrected chi connectivity index (χ0v) is 18.0. The van der Waals surface area contributed by atoms with Crippen molar-refractivity contribution in [2.75, 3.05) is 50.7 Å². The van der Waals surface area contributed by atoms with Gasteiger partial charge in [0, 0.05) is 44.7 Å². The van der Waals surface area contributed by atoms with Crippen molar-refractivity contribution < 1.29 is 4.79 Å². The van der Waals surface area contributed by atoms with Gasteiger partial charge in [0.05, 0.1) is 16.9 Å². The van der Waals surface area contributed by atoms with E-state index in [1.54, 1.807) is 11.3 Å². The molecule has 0 unspecified atom stereocenters. The van der Waals surface area contributed by atoms with E-state index in [2.05, 4.69) is 33.4 Å². The molecule has 2 aromatic heterocycles. The number of likely N-dealkylation sites (tertiary alicyclic amines) is 1. The molecule has 6 nitrogen and oxygen atoms in total. The van der Waals surface area contributed by atoms with Crippen molar-refractivity contribution in [3.8, 4) is 10.7 Å². The summed E-state index contributed by atoms with van der Waals surface area (Å²) in [5.74, 6) is 2.09. The van der Waals surface area contributed by atoms with Gasteiger partial charge in [0.15, 0.2) is 5.82 Å². The fraction of sp³-hybridized carbons (Fsp3) is 0.435. The highest BCUT2D eigenvalue weighted by Crippen LogP contribution is 2.30. The second kappa shape index (κ2) is 8.70. The van der Waals surface area contributed by atoms with Gasteiger partial charge in [-0.25, -0.2) is 9.97 Å². The summed E-state index contributed by atoms with van der Waals surface area (Å²) in [4.78, 5) is 30.1. The smallest absolute Gasteiger partial charge is 0.236 e. The van der Waals surface area contributed by atoms with Gasteiger partial charge in [-0.15, -0.1) is 11.3 Å². The maximum absolute atomic E-state index is 12.6. The average molecular weight is 422 g/mol. The summed E-state index contributed by atoms with van der Waals surface area (Å²) in [5.41, 5.74) is 0.980. The van der Waals surface area contributed by atoms with Crippen LogP contribution < -0.4 is 4.90 Å². The Balaban J connectivity index is 1.31. The molecule has 0 saturated carbocycles. The third-order valence-electron chi connectivity index (χ3n) is 6.06. The van der Waals surface area contributed by atoms with Gasteiger partial charge in [0.25, 0.3) is 0 Å². The Morgan fingerprint density at radius 2 is 1.70 bits per heavy atom. The molecule has 2 aliphatic heterocycles. The lowest BCUT2D eigenvalue weighted by Crippen LogP contribution is -2.51. The second-order valence-electron chi connectivity index (χ2n) is 8.07. The molecule has 4 heterocycles. The van der Waals surface area contributed by atoms with Crippen LogP contribution >= 0.6 is 11.3 Å². The van der Waals surface area contributed by atoms with Crippen molar-refractivity contribution in [1.29, 1.82) is 0 Å². The van der Waals surface area contributed by atoms with Crippen LogP contribution in [0.2, 0.25) is 0 Å². The number of carbonyl (C=O) groups excluding carboxylic acids is 1. The molecule has 0 spiro atoms. The number of benzene rings is 1. The fourth-order valence-corrected chi connectivity index (χ4v) is 5.03. The van der Waals surface area contributed by atoms with Crippen LogP contribution in [-0.2, 0) is 4.79 Å². The predicted octanol–water partition coefficient (Wildman–Crippen LogP) is 3.49. The van der Waals surface area contributed by atoms with Crippen molar-refractivity contribution >= 4 is 34.0 Å². The Morgan fingerprint density at radius 1 is 0.900 bits per heavy atom. The van der Waals surface area contributed by atoms with Gasteiger partial charge in [0.1, 0.15) is 5.82 Å². The Hall–Kier alpha value is -2.51. The summed E-state index contributed by atoms with van der Waals surface area (Å²) in [5, 5.41) is 3.15. The van der Waals surface area contributed by atoms with Crippen molar-refractivity contribution in [3.63, 3.8) is 0 Å². The molecule has 0 aliphatic carbocycles. The fourth-order valence-electron chi connectivity index (χ4n) is 4.37. The van der Waals surface area contributed by atoms with E-state index in [9.17, 15) is 4.79 Å². The average Bonchev–Trinajstić information content (AvgIpc) is 3.35. The van der Waals surface area contributed by atoms with Crippen molar-refractivity contribution in [3.05, 3.63) is 41.8 Å². The van der Waals surface area contributed by atoms with Crippen LogP contribution in [0.25, 0.3) is 21.6 Å². The minimum absolute atomic E-state index is 0.288. The molecule has 0 N–H and O–H groups in total. The molecular weight excluding hydrogens is 394 g/mol. The first-order chi connectivity index (χ1) is 14.8. The minimum Gasteiger partial charge on any atom is -0.353 e. The first-order valence-electron chi connectivity index (χ1n) is 10.8. The Morgan fingerprint density at radius 3 is 2.47 bits per heavy atom. The minimum atomic E-state index is 0.288. The zero-order valence-electron chi connectivity index (χ0n) is 17.2. The monoisotopic (exact) mass is 421 g/mol. The molecule has 2 fully saturated rings. The molecule has 0 atom stereocenters. The number of piperidine rings is 1. The molecule has 2 aliphatic rings. The molecule has 0 bridgehead atoms. The van der Waals surface area contributed by atoms with E-state index in [1.165, 1.54) is 6.42 Å². The van der Waals surface area contributed by atoms with Crippen LogP contribution in [-0.4, -0.2) is 71.5 Å². The molecule has 2 saturated heterocycles. The standard InChI is InChI=1S/C23H27N5OS/c29-21(27-10-4-1-5-11-27)17-26-12-14-28(15-13-26)23-18-7-2-3-8-19(18)24-22(25-23)20-9-6-16-30-20/h2-3,6-9,16H,1,4-5,10-15,17H2. The van der Waals surface area contributed by atoms with Crippen LogP contribution in [0.1, 0.15) is 19.3 Å². The van der Waals surface area contributed by atoms with E-state index in [-0.39, 0.29) is 5.91 Å². The summed E-state index contributed by atoms with van der Waals surface area (Å²) in [6, 6.07) is 12.4. The highest BCUT2D eigenvalue weighted by molar-refractivity contribution is 7.13. The third-order valence-corrected chi connectivity index (χ3v) is 6.93. The Kier molecular flexibility index (Phi) is 5.64. The number of carbonyl (C=O) groups is 1. The quantitative estimate of drug-likeness (QED) is 0.645. The van der Waals surface area contributed by atoms with E-state index in [0.29, 0.717) is 6.54 Å². The number of rotatable bonds is 4. The zero-order chi connectivity index (χ0) is 20.3. The van der Waals surface area contributed by atoms with E-state index >= 15 is 0 Å². The van der Waals surface area contributed by atoms with Crippen molar-refractivity contribution in [2.24, 2.45) is 0 Å². The number of piperazine rings is 1. The van der Waals surface area contributed by atoms with Gasteiger partial charge in [-0.3, -0.25) is 9.69 Å². The Bertz CT molecular complexity index is 1010. The van der Waals surface area contributed by atoms with Gasteiger partial charge in [-0.1, -0.05) is 18.2 Å². The van der Waals surface area contributed by atoms with Crippen molar-refractivity contribution in [2.45, 2.75) is 19.3 Å². The molecular formula is C23H27N5OS. The lowest BCUT2D eigenvalue weighted by atomic mass is 10.1. The number of thiophene rings is 1. The van der Waals surface area contributed by atoms with Crippen LogP contribution in [0, 0.1) is 0 Å². The first kappa shape index (κ1) is 19.5. The first-order valence-corrected chi connectivity index (χ1v) is 11.7. The normalized spacial score (nSPS) is 18.1. The summed E-state index contributed by atoms with van der Waals surface area (Å²) >= 11 is 1.67. The van der Waals surface area contributed by atoms with Gasteiger partial charge in [0.2, 0.25) is 5.91 Å². The van der Waals surface area contributed by atoms with E-state index in [4.69, 9.17) is 9.97 Å². The van der Waals surface area contributed by atoms with Crippen molar-refractivity contribution in [1.82, 2.24) is 19.8 Å². The number of fused-ring (bicyclic) bond motifs is 1. The van der Waals surface area contributed by atoms with Crippen LogP contribution in [0.5, 0.6) is 0 Å². The molecule has 3 aromatic rings. The predicted molar refractivity (Wildman–Crippen MR) is 122 cm³/mol. The lowest BCUT2D eigenvalue weighted by molar-refractivity contribution is -0.133. The second-order valence-corrected chi connectivity index (χ2v) is 9.02. The summed E-state index contributed by atoms with van der Waals surface area (Å²) in [6.45, 7) is 5.90. The topological polar surface area (TPSA) is 52.6 Å². The maximum Gasteiger partial charge on any atom is 0.236 e. The molecule has 1 aromatic carbocycles. The third kappa shape index (κ3) is 4.04. The molecule has 156 valence electrons. The van der Waals surface area contributed by atoms with E-state index in [1.807, 2.05) is 23.1 Å². The van der Waals surface area contributed by atoms with Crippen LogP contribution in [0.4, 0.5) is 5.82 Å². The number of amides is 1. The molecule has 0 radical (unpaired) electrons. The summed E-state index contributed by atoms with van der Waals surface area (Å²) in [7, 11) is 0. The molecule has 1 amide bonds. The molecule has 30 heavy (non-hydrogen) atoms. The highest BCUT2D eigenvalue weighted by atomic mass is 32.1. The van der Waals surface area contributed by atoms with Gasteiger partial charge >= 0.3 is 0 Å². The number of aromatic nitrogens is 2. The number of anilines is 1. The molecule has 5 rings (SSSR count). The largest absolute Gasteiger partial charge is 0.353 e. The maximum atomic E-state index is 12.6. The van der Waals surface area contributed by atoms with Gasteiger partial charge < -0.3 is 9.80 Å². The Labute approximate surface area is 181 Å². The van der Waals surface area contributed by atoms with Gasteiger partial charge in [-0.2, -0.15) is 0 Å². The molecule has 7 heteroatoms. The number of nitrogens with zero attached hydrogens (tertiary/aromatic N) is 5. The summed E-state index contributed by atoms with van der Waals surface area (Å²) in [6.07, 6.45) is 3.54. The number of hydrogen-bond donors (Lipinski definition) is 0. The van der Waals surface area contributed by atoms with Gasteiger partial charge in [-0.05, 0) is 42.8 Å². The highest BCUT2D eigenvalue weighted by Gasteiger charge is 2.24. The summed E-state index contributed by atoms with van der Waals surface area (Å²) < 4.78 is 0. The number of hydrogen-bond acceptors (Lipinski definition) is 6. The van der Waals surface area contributed by atoms with E-state index in [0.717, 1.165) is 79.5 Å². The number of para-hydroxylation sites is 1. The SMILES string of the molecule is O=C(CN1CCN(c2nc(-c3cccs3)nc3ccccc23)CC1)N1CCCCC1. The van der Waals surface area contributed by atoms with E-state index < -0.39 is 0 Å². The lowest BCUT2D eigenvalue weighted by Gasteiger charge is -2.37. The van der Waals surface area contributed by atoms with Crippen LogP contribution in [0.15, 0.2) is 41.8 Å².